The number of ether oxygens (including phenoxy) is 1. The summed E-state index contributed by atoms with van der Waals surface area (Å²) in [7, 11) is 1.67. The van der Waals surface area contributed by atoms with Crippen LogP contribution in [0.1, 0.15) is 23.2 Å². The summed E-state index contributed by atoms with van der Waals surface area (Å²) in [5.74, 6) is -1.33. The Morgan fingerprint density at radius 1 is 1.43 bits per heavy atom. The lowest BCUT2D eigenvalue weighted by Gasteiger charge is -2.34. The molecule has 1 fully saturated rings. The Labute approximate surface area is 127 Å². The van der Waals surface area contributed by atoms with Gasteiger partial charge in [-0.2, -0.15) is 0 Å². The zero-order chi connectivity index (χ0) is 15.4. The molecule has 0 atom stereocenters. The topological polar surface area (TPSA) is 87.7 Å². The SMILES string of the molecule is COC1CC(NCC(=O)Nc2cc(C(=O)O)ccc2Cl)C1. The van der Waals surface area contributed by atoms with Crippen LogP contribution < -0.4 is 10.6 Å². The molecule has 0 saturated heterocycles. The predicted molar refractivity (Wildman–Crippen MR) is 78.9 cm³/mol. The van der Waals surface area contributed by atoms with E-state index in [-0.39, 0.29) is 30.2 Å². The number of amides is 1. The van der Waals surface area contributed by atoms with Crippen LogP contribution >= 0.6 is 11.6 Å². The molecule has 2 rings (SSSR count). The van der Waals surface area contributed by atoms with Crippen LogP contribution in [-0.2, 0) is 9.53 Å². The maximum absolute atomic E-state index is 11.8. The molecule has 0 bridgehead atoms. The zero-order valence-electron chi connectivity index (χ0n) is 11.6. The second-order valence-electron chi connectivity index (χ2n) is 4.95. The second kappa shape index (κ2) is 6.89. The molecule has 0 spiro atoms. The van der Waals surface area contributed by atoms with Crippen molar-refractivity contribution >= 4 is 29.2 Å². The Hall–Kier alpha value is -1.63. The fourth-order valence-electron chi connectivity index (χ4n) is 2.11. The summed E-state index contributed by atoms with van der Waals surface area (Å²) < 4.78 is 5.16. The van der Waals surface area contributed by atoms with Crippen molar-refractivity contribution in [1.82, 2.24) is 5.32 Å². The second-order valence-corrected chi connectivity index (χ2v) is 5.36. The van der Waals surface area contributed by atoms with Gasteiger partial charge in [0.2, 0.25) is 5.91 Å². The molecule has 1 aromatic carbocycles. The van der Waals surface area contributed by atoms with Gasteiger partial charge in [0.1, 0.15) is 0 Å². The first-order valence-electron chi connectivity index (χ1n) is 6.58. The Morgan fingerprint density at radius 2 is 2.14 bits per heavy atom. The van der Waals surface area contributed by atoms with E-state index in [0.717, 1.165) is 12.8 Å². The highest BCUT2D eigenvalue weighted by atomic mass is 35.5. The molecule has 3 N–H and O–H groups in total. The van der Waals surface area contributed by atoms with Crippen molar-refractivity contribution in [2.45, 2.75) is 25.0 Å². The highest BCUT2D eigenvalue weighted by Gasteiger charge is 2.28. The lowest BCUT2D eigenvalue weighted by Crippen LogP contribution is -2.47. The van der Waals surface area contributed by atoms with Crippen molar-refractivity contribution in [3.63, 3.8) is 0 Å². The molecule has 0 aromatic heterocycles. The number of rotatable bonds is 6. The van der Waals surface area contributed by atoms with Gasteiger partial charge in [0.05, 0.1) is 28.9 Å². The van der Waals surface area contributed by atoms with E-state index in [1.807, 2.05) is 0 Å². The van der Waals surface area contributed by atoms with E-state index in [9.17, 15) is 9.59 Å². The number of carbonyl (C=O) groups is 2. The van der Waals surface area contributed by atoms with Gasteiger partial charge < -0.3 is 20.5 Å². The van der Waals surface area contributed by atoms with E-state index in [1.54, 1.807) is 7.11 Å². The van der Waals surface area contributed by atoms with Gasteiger partial charge in [-0.05, 0) is 31.0 Å². The Morgan fingerprint density at radius 3 is 2.76 bits per heavy atom. The van der Waals surface area contributed by atoms with Crippen molar-refractivity contribution in [2.75, 3.05) is 19.0 Å². The Bertz CT molecular complexity index is 544. The smallest absolute Gasteiger partial charge is 0.335 e. The van der Waals surface area contributed by atoms with E-state index in [4.69, 9.17) is 21.4 Å². The van der Waals surface area contributed by atoms with Gasteiger partial charge in [0, 0.05) is 13.2 Å². The van der Waals surface area contributed by atoms with Crippen molar-refractivity contribution in [2.24, 2.45) is 0 Å². The predicted octanol–water partition coefficient (Wildman–Crippen LogP) is 1.74. The van der Waals surface area contributed by atoms with E-state index in [1.165, 1.54) is 18.2 Å². The van der Waals surface area contributed by atoms with Gasteiger partial charge in [-0.25, -0.2) is 4.79 Å². The molecular weight excluding hydrogens is 296 g/mol. The van der Waals surface area contributed by atoms with E-state index < -0.39 is 5.97 Å². The minimum Gasteiger partial charge on any atom is -0.478 e. The molecule has 0 heterocycles. The lowest BCUT2D eigenvalue weighted by molar-refractivity contribution is -0.115. The molecule has 1 saturated carbocycles. The Kier molecular flexibility index (Phi) is 5.17. The van der Waals surface area contributed by atoms with Crippen LogP contribution in [0, 0.1) is 0 Å². The van der Waals surface area contributed by atoms with Crippen LogP contribution in [0.15, 0.2) is 18.2 Å². The zero-order valence-corrected chi connectivity index (χ0v) is 12.3. The van der Waals surface area contributed by atoms with Crippen molar-refractivity contribution in [1.29, 1.82) is 0 Å². The summed E-state index contributed by atoms with van der Waals surface area (Å²) >= 11 is 5.94. The quantitative estimate of drug-likeness (QED) is 0.745. The third-order valence-corrected chi connectivity index (χ3v) is 3.80. The molecule has 0 aliphatic heterocycles. The number of methoxy groups -OCH3 is 1. The van der Waals surface area contributed by atoms with Gasteiger partial charge in [-0.1, -0.05) is 11.6 Å². The molecule has 0 radical (unpaired) electrons. The van der Waals surface area contributed by atoms with Gasteiger partial charge in [-0.3, -0.25) is 4.79 Å². The number of benzene rings is 1. The fourth-order valence-corrected chi connectivity index (χ4v) is 2.28. The van der Waals surface area contributed by atoms with Crippen molar-refractivity contribution < 1.29 is 19.4 Å². The lowest BCUT2D eigenvalue weighted by atomic mass is 9.89. The number of hydrogen-bond acceptors (Lipinski definition) is 4. The first-order valence-corrected chi connectivity index (χ1v) is 6.96. The van der Waals surface area contributed by atoms with Gasteiger partial charge in [-0.15, -0.1) is 0 Å². The third kappa shape index (κ3) is 4.17. The number of carbonyl (C=O) groups excluding carboxylic acids is 1. The highest BCUT2D eigenvalue weighted by Crippen LogP contribution is 2.24. The highest BCUT2D eigenvalue weighted by molar-refractivity contribution is 6.33. The van der Waals surface area contributed by atoms with E-state index >= 15 is 0 Å². The number of nitrogens with one attached hydrogen (secondary N) is 2. The Balaban J connectivity index is 1.85. The maximum atomic E-state index is 11.8. The number of aromatic carboxylic acids is 1. The van der Waals surface area contributed by atoms with Gasteiger partial charge >= 0.3 is 5.97 Å². The molecular formula is C14H17ClN2O4. The van der Waals surface area contributed by atoms with Crippen LogP contribution in [0.3, 0.4) is 0 Å². The third-order valence-electron chi connectivity index (χ3n) is 3.47. The number of carboxylic acids is 1. The molecule has 21 heavy (non-hydrogen) atoms. The minimum absolute atomic E-state index is 0.0737. The largest absolute Gasteiger partial charge is 0.478 e. The van der Waals surface area contributed by atoms with Gasteiger partial charge in [0.25, 0.3) is 0 Å². The van der Waals surface area contributed by atoms with Crippen molar-refractivity contribution in [3.8, 4) is 0 Å². The molecule has 1 aromatic rings. The van der Waals surface area contributed by atoms with Crippen LogP contribution in [0.5, 0.6) is 0 Å². The van der Waals surface area contributed by atoms with Crippen LogP contribution in [0.2, 0.25) is 5.02 Å². The molecule has 0 unspecified atom stereocenters. The number of hydrogen-bond donors (Lipinski definition) is 3. The standard InChI is InChI=1S/C14H17ClN2O4/c1-21-10-5-9(6-10)16-7-13(18)17-12-4-8(14(19)20)2-3-11(12)15/h2-4,9-10,16H,5-7H2,1H3,(H,17,18)(H,19,20). The van der Waals surface area contributed by atoms with Gasteiger partial charge in [0.15, 0.2) is 0 Å². The van der Waals surface area contributed by atoms with E-state index in [0.29, 0.717) is 10.7 Å². The number of anilines is 1. The molecule has 114 valence electrons. The van der Waals surface area contributed by atoms with Crippen LogP contribution in [-0.4, -0.2) is 42.8 Å². The van der Waals surface area contributed by atoms with Crippen LogP contribution in [0.25, 0.3) is 0 Å². The summed E-state index contributed by atoms with van der Waals surface area (Å²) in [6, 6.07) is 4.45. The number of carboxylic acid groups (broad SMARTS) is 1. The molecule has 6 nitrogen and oxygen atoms in total. The summed E-state index contributed by atoms with van der Waals surface area (Å²) in [5.41, 5.74) is 0.372. The molecule has 7 heteroatoms. The first-order chi connectivity index (χ1) is 9.99. The maximum Gasteiger partial charge on any atom is 0.335 e. The molecule has 1 amide bonds. The monoisotopic (exact) mass is 312 g/mol. The average molecular weight is 313 g/mol. The summed E-state index contributed by atoms with van der Waals surface area (Å²) in [6.45, 7) is 0.148. The average Bonchev–Trinajstić information content (AvgIpc) is 2.39. The number of halogens is 1. The van der Waals surface area contributed by atoms with E-state index in [2.05, 4.69) is 10.6 Å². The summed E-state index contributed by atoms with van der Waals surface area (Å²) in [6.07, 6.45) is 2.05. The molecule has 1 aliphatic carbocycles. The van der Waals surface area contributed by atoms with Crippen LogP contribution in [0.4, 0.5) is 5.69 Å². The molecule has 1 aliphatic rings. The summed E-state index contributed by atoms with van der Waals surface area (Å²) in [5, 5.41) is 14.9. The first kappa shape index (κ1) is 15.8. The normalized spacial score (nSPS) is 20.7. The summed E-state index contributed by atoms with van der Waals surface area (Å²) in [4.78, 5) is 22.7. The van der Waals surface area contributed by atoms with Crippen molar-refractivity contribution in [3.05, 3.63) is 28.8 Å². The minimum atomic E-state index is -1.07. The fraction of sp³-hybridized carbons (Fsp3) is 0.429.